The molecule has 0 radical (unpaired) electrons. The predicted molar refractivity (Wildman–Crippen MR) is 60.9 cm³/mol. The monoisotopic (exact) mass is 215 g/mol. The summed E-state index contributed by atoms with van der Waals surface area (Å²) in [5.74, 6) is 0.795. The summed E-state index contributed by atoms with van der Waals surface area (Å²) in [6, 6.07) is 7.96. The number of amides is 1. The number of furan rings is 1. The van der Waals surface area contributed by atoms with Crippen molar-refractivity contribution < 1.29 is 9.21 Å². The minimum Gasteiger partial charge on any atom is -0.461 e. The van der Waals surface area contributed by atoms with Crippen LogP contribution in [0.1, 0.15) is 17.7 Å². The van der Waals surface area contributed by atoms with Gasteiger partial charge < -0.3 is 10.2 Å². The van der Waals surface area contributed by atoms with E-state index < -0.39 is 0 Å². The maximum atomic E-state index is 11.2. The van der Waals surface area contributed by atoms with Crippen LogP contribution in [0, 0.1) is 5.92 Å². The Morgan fingerprint density at radius 1 is 1.38 bits per heavy atom. The quantitative estimate of drug-likeness (QED) is 0.791. The Labute approximate surface area is 93.2 Å². The van der Waals surface area contributed by atoms with Gasteiger partial charge >= 0.3 is 0 Å². The molecule has 82 valence electrons. The van der Waals surface area contributed by atoms with Crippen molar-refractivity contribution >= 4 is 16.9 Å². The molecule has 1 atom stereocenters. The molecule has 1 aromatic heterocycles. The number of hydrogen-bond donors (Lipinski definition) is 1. The lowest BCUT2D eigenvalue weighted by Gasteiger charge is -2.18. The van der Waals surface area contributed by atoms with Crippen LogP contribution in [0.25, 0.3) is 11.0 Å². The van der Waals surface area contributed by atoms with Crippen molar-refractivity contribution in [2.24, 2.45) is 11.7 Å². The number of rotatable bonds is 1. The van der Waals surface area contributed by atoms with Crippen LogP contribution in [0.2, 0.25) is 0 Å². The third-order valence-corrected chi connectivity index (χ3v) is 3.35. The highest BCUT2D eigenvalue weighted by Crippen LogP contribution is 2.33. The molecule has 1 aliphatic rings. The maximum absolute atomic E-state index is 11.2. The van der Waals surface area contributed by atoms with E-state index in [2.05, 4.69) is 0 Å². The minimum absolute atomic E-state index is 0.0338. The summed E-state index contributed by atoms with van der Waals surface area (Å²) < 4.78 is 5.77. The molecule has 1 unspecified atom stereocenters. The molecular weight excluding hydrogens is 202 g/mol. The predicted octanol–water partition coefficient (Wildman–Crippen LogP) is 2.02. The number of aryl methyl sites for hydroxylation is 1. The summed E-state index contributed by atoms with van der Waals surface area (Å²) in [4.78, 5) is 11.2. The van der Waals surface area contributed by atoms with Crippen LogP contribution in [-0.2, 0) is 17.6 Å². The van der Waals surface area contributed by atoms with Gasteiger partial charge in [0.15, 0.2) is 0 Å². The van der Waals surface area contributed by atoms with Crippen LogP contribution < -0.4 is 5.73 Å². The summed E-state index contributed by atoms with van der Waals surface area (Å²) >= 11 is 0. The molecule has 3 nitrogen and oxygen atoms in total. The van der Waals surface area contributed by atoms with Crippen LogP contribution in [0.4, 0.5) is 0 Å². The highest BCUT2D eigenvalue weighted by atomic mass is 16.3. The zero-order valence-corrected chi connectivity index (χ0v) is 8.90. The van der Waals surface area contributed by atoms with Crippen molar-refractivity contribution in [2.45, 2.75) is 19.3 Å². The molecule has 16 heavy (non-hydrogen) atoms. The van der Waals surface area contributed by atoms with Crippen molar-refractivity contribution in [3.63, 3.8) is 0 Å². The molecule has 2 aromatic rings. The second kappa shape index (κ2) is 3.37. The Morgan fingerprint density at radius 2 is 2.19 bits per heavy atom. The highest BCUT2D eigenvalue weighted by molar-refractivity contribution is 5.84. The first kappa shape index (κ1) is 9.46. The van der Waals surface area contributed by atoms with Gasteiger partial charge in [0.05, 0.1) is 0 Å². The third-order valence-electron chi connectivity index (χ3n) is 3.35. The zero-order valence-electron chi connectivity index (χ0n) is 8.90. The van der Waals surface area contributed by atoms with Crippen molar-refractivity contribution in [1.82, 2.24) is 0 Å². The van der Waals surface area contributed by atoms with E-state index in [1.807, 2.05) is 24.3 Å². The first-order chi connectivity index (χ1) is 7.75. The fourth-order valence-corrected chi connectivity index (χ4v) is 2.47. The van der Waals surface area contributed by atoms with Gasteiger partial charge in [0.2, 0.25) is 5.91 Å². The number of primary amides is 1. The Balaban J connectivity index is 2.11. The molecule has 0 bridgehead atoms. The third kappa shape index (κ3) is 1.32. The van der Waals surface area contributed by atoms with Gasteiger partial charge in [0.25, 0.3) is 0 Å². The van der Waals surface area contributed by atoms with E-state index >= 15 is 0 Å². The van der Waals surface area contributed by atoms with Crippen molar-refractivity contribution in [1.29, 1.82) is 0 Å². The summed E-state index contributed by atoms with van der Waals surface area (Å²) in [6.07, 6.45) is 2.35. The molecule has 1 aliphatic carbocycles. The number of carbonyl (C=O) groups excluding carboxylic acids is 1. The van der Waals surface area contributed by atoms with Gasteiger partial charge in [-0.2, -0.15) is 0 Å². The average Bonchev–Trinajstić information content (AvgIpc) is 2.66. The van der Waals surface area contributed by atoms with Crippen LogP contribution in [-0.4, -0.2) is 5.91 Å². The topological polar surface area (TPSA) is 56.2 Å². The largest absolute Gasteiger partial charge is 0.461 e. The summed E-state index contributed by atoms with van der Waals surface area (Å²) in [7, 11) is 0. The molecule has 0 aliphatic heterocycles. The summed E-state index contributed by atoms with van der Waals surface area (Å²) in [6.45, 7) is 0. The Morgan fingerprint density at radius 3 is 3.00 bits per heavy atom. The number of carbonyl (C=O) groups is 1. The first-order valence-corrected chi connectivity index (χ1v) is 5.54. The molecule has 0 saturated heterocycles. The molecule has 1 aromatic carbocycles. The SMILES string of the molecule is NC(=O)C1CCc2oc3ccccc3c2C1. The number of nitrogens with two attached hydrogens (primary N) is 1. The number of hydrogen-bond acceptors (Lipinski definition) is 2. The van der Waals surface area contributed by atoms with Crippen molar-refractivity contribution in [3.05, 3.63) is 35.6 Å². The molecule has 2 N–H and O–H groups in total. The van der Waals surface area contributed by atoms with Crippen molar-refractivity contribution in [3.8, 4) is 0 Å². The van der Waals surface area contributed by atoms with E-state index in [1.54, 1.807) is 0 Å². The molecule has 1 heterocycles. The molecule has 0 fully saturated rings. The molecule has 1 amide bonds. The number of para-hydroxylation sites is 1. The lowest BCUT2D eigenvalue weighted by atomic mass is 9.86. The second-order valence-electron chi connectivity index (χ2n) is 4.34. The van der Waals surface area contributed by atoms with Gasteiger partial charge in [0.1, 0.15) is 11.3 Å². The van der Waals surface area contributed by atoms with Crippen LogP contribution in [0.15, 0.2) is 28.7 Å². The minimum atomic E-state index is -0.198. The van der Waals surface area contributed by atoms with Crippen molar-refractivity contribution in [2.75, 3.05) is 0 Å². The fraction of sp³-hybridized carbons (Fsp3) is 0.308. The summed E-state index contributed by atoms with van der Waals surface area (Å²) in [5, 5.41) is 1.13. The van der Waals surface area contributed by atoms with E-state index in [4.69, 9.17) is 10.2 Å². The van der Waals surface area contributed by atoms with Gasteiger partial charge in [0, 0.05) is 23.3 Å². The smallest absolute Gasteiger partial charge is 0.220 e. The molecule has 3 rings (SSSR count). The van der Waals surface area contributed by atoms with Crippen LogP contribution >= 0.6 is 0 Å². The zero-order chi connectivity index (χ0) is 11.1. The van der Waals surface area contributed by atoms with E-state index in [1.165, 1.54) is 5.56 Å². The molecule has 3 heteroatoms. The van der Waals surface area contributed by atoms with Gasteiger partial charge in [-0.3, -0.25) is 4.79 Å². The Hall–Kier alpha value is -1.77. The van der Waals surface area contributed by atoms with Gasteiger partial charge in [-0.1, -0.05) is 18.2 Å². The standard InChI is InChI=1S/C13H13NO2/c14-13(15)8-5-6-12-10(7-8)9-3-1-2-4-11(9)16-12/h1-4,8H,5-7H2,(H2,14,15). The second-order valence-corrected chi connectivity index (χ2v) is 4.34. The average molecular weight is 215 g/mol. The normalized spacial score (nSPS) is 19.6. The Kier molecular flexibility index (Phi) is 1.99. The molecule has 0 saturated carbocycles. The molecular formula is C13H13NO2. The van der Waals surface area contributed by atoms with Gasteiger partial charge in [-0.05, 0) is 18.9 Å². The first-order valence-electron chi connectivity index (χ1n) is 5.54. The maximum Gasteiger partial charge on any atom is 0.220 e. The van der Waals surface area contributed by atoms with Gasteiger partial charge in [-0.15, -0.1) is 0 Å². The van der Waals surface area contributed by atoms with E-state index in [0.717, 1.165) is 36.0 Å². The van der Waals surface area contributed by atoms with Crippen LogP contribution in [0.5, 0.6) is 0 Å². The fourth-order valence-electron chi connectivity index (χ4n) is 2.47. The molecule has 0 spiro atoms. The van der Waals surface area contributed by atoms with Gasteiger partial charge in [-0.25, -0.2) is 0 Å². The lowest BCUT2D eigenvalue weighted by Crippen LogP contribution is -2.28. The number of fused-ring (bicyclic) bond motifs is 3. The number of benzene rings is 1. The van der Waals surface area contributed by atoms with Crippen LogP contribution in [0.3, 0.4) is 0 Å². The lowest BCUT2D eigenvalue weighted by molar-refractivity contribution is -0.122. The van der Waals surface area contributed by atoms with E-state index in [0.29, 0.717) is 0 Å². The summed E-state index contributed by atoms with van der Waals surface area (Å²) in [5.41, 5.74) is 7.45. The van der Waals surface area contributed by atoms with E-state index in [-0.39, 0.29) is 11.8 Å². The Bertz CT molecular complexity index is 556. The highest BCUT2D eigenvalue weighted by Gasteiger charge is 2.26. The van der Waals surface area contributed by atoms with E-state index in [9.17, 15) is 4.79 Å².